The number of nitrogens with one attached hydrogen (secondary N) is 2. The van der Waals surface area contributed by atoms with Gasteiger partial charge in [-0.2, -0.15) is 0 Å². The van der Waals surface area contributed by atoms with E-state index in [0.29, 0.717) is 9.88 Å². The lowest BCUT2D eigenvalue weighted by molar-refractivity contribution is -0.138. The van der Waals surface area contributed by atoms with Crippen LogP contribution in [0.2, 0.25) is 0 Å². The van der Waals surface area contributed by atoms with Crippen LogP contribution in [-0.2, 0) is 16.1 Å². The first-order valence-electron chi connectivity index (χ1n) is 10.4. The number of carboxylic acid groups (broad SMARTS) is 1. The zero-order chi connectivity index (χ0) is 23.5. The zero-order valence-electron chi connectivity index (χ0n) is 18.1. The summed E-state index contributed by atoms with van der Waals surface area (Å²) in [6.45, 7) is 3.40. The minimum absolute atomic E-state index is 0.0308. The second kappa shape index (κ2) is 9.41. The second-order valence-electron chi connectivity index (χ2n) is 7.72. The highest BCUT2D eigenvalue weighted by molar-refractivity contribution is 7.11. The summed E-state index contributed by atoms with van der Waals surface area (Å²) in [5.41, 5.74) is 4.73. The van der Waals surface area contributed by atoms with Crippen molar-refractivity contribution in [2.24, 2.45) is 0 Å². The molecule has 3 aromatic rings. The number of ether oxygens (including phenoxy) is 1. The average Bonchev–Trinajstić information content (AvgIpc) is 3.34. The highest BCUT2D eigenvalue weighted by Gasteiger charge is 2.29. The van der Waals surface area contributed by atoms with Crippen molar-refractivity contribution in [3.63, 3.8) is 0 Å². The normalized spacial score (nSPS) is 13.0. The average molecular weight is 466 g/mol. The summed E-state index contributed by atoms with van der Waals surface area (Å²) >= 11 is 1.26. The molecule has 0 fully saturated rings. The largest absolute Gasteiger partial charge is 0.480 e. The van der Waals surface area contributed by atoms with Crippen molar-refractivity contribution < 1.29 is 24.2 Å². The molecule has 3 N–H and O–H groups in total. The van der Waals surface area contributed by atoms with Crippen molar-refractivity contribution in [3.05, 3.63) is 75.2 Å². The number of hydrogen-bond donors (Lipinski definition) is 3. The monoisotopic (exact) mass is 465 g/mol. The number of hydrogen-bond acceptors (Lipinski definition) is 6. The fraction of sp³-hybridized carbons (Fsp3) is 0.250. The van der Waals surface area contributed by atoms with Crippen LogP contribution >= 0.6 is 11.3 Å². The molecule has 33 heavy (non-hydrogen) atoms. The lowest BCUT2D eigenvalue weighted by Crippen LogP contribution is -2.38. The maximum Gasteiger partial charge on any atom is 0.407 e. The number of nitrogens with zero attached hydrogens (tertiary/aromatic N) is 1. The van der Waals surface area contributed by atoms with Gasteiger partial charge < -0.3 is 20.5 Å². The lowest BCUT2D eigenvalue weighted by atomic mass is 9.98. The van der Waals surface area contributed by atoms with Gasteiger partial charge in [0.2, 0.25) is 0 Å². The number of benzene rings is 2. The van der Waals surface area contributed by atoms with Crippen LogP contribution in [0.15, 0.2) is 48.5 Å². The Labute approximate surface area is 194 Å². The highest BCUT2D eigenvalue weighted by Crippen LogP contribution is 2.44. The third kappa shape index (κ3) is 4.73. The van der Waals surface area contributed by atoms with E-state index in [1.165, 1.54) is 18.3 Å². The Balaban J connectivity index is 1.35. The number of carbonyl (C=O) groups is 3. The van der Waals surface area contributed by atoms with Gasteiger partial charge in [-0.25, -0.2) is 9.78 Å². The van der Waals surface area contributed by atoms with E-state index in [-0.39, 0.29) is 24.8 Å². The molecule has 1 heterocycles. The second-order valence-corrected chi connectivity index (χ2v) is 9.01. The van der Waals surface area contributed by atoms with Crippen molar-refractivity contribution in [1.29, 1.82) is 0 Å². The molecule has 1 unspecified atom stereocenters. The Morgan fingerprint density at radius 3 is 2.30 bits per heavy atom. The molecule has 1 atom stereocenters. The van der Waals surface area contributed by atoms with Gasteiger partial charge in [-0.05, 0) is 36.1 Å². The van der Waals surface area contributed by atoms with Crippen molar-refractivity contribution in [3.8, 4) is 11.1 Å². The van der Waals surface area contributed by atoms with Gasteiger partial charge in [-0.1, -0.05) is 48.5 Å². The summed E-state index contributed by atoms with van der Waals surface area (Å²) in [5, 5.41) is 14.5. The molecule has 0 radical (unpaired) electrons. The summed E-state index contributed by atoms with van der Waals surface area (Å²) < 4.78 is 5.51. The van der Waals surface area contributed by atoms with E-state index in [4.69, 9.17) is 9.84 Å². The number of aromatic nitrogens is 1. The summed E-state index contributed by atoms with van der Waals surface area (Å²) in [6.07, 6.45) is -0.574. The number of alkyl carbamates (subject to hydrolysis) is 1. The Morgan fingerprint density at radius 1 is 1.09 bits per heavy atom. The van der Waals surface area contributed by atoms with Gasteiger partial charge in [-0.15, -0.1) is 11.3 Å². The fourth-order valence-electron chi connectivity index (χ4n) is 3.86. The van der Waals surface area contributed by atoms with Crippen LogP contribution in [0.5, 0.6) is 0 Å². The number of carboxylic acids is 1. The van der Waals surface area contributed by atoms with Crippen molar-refractivity contribution in [2.75, 3.05) is 6.61 Å². The van der Waals surface area contributed by atoms with Crippen molar-refractivity contribution >= 4 is 29.3 Å². The van der Waals surface area contributed by atoms with Crippen molar-refractivity contribution in [2.45, 2.75) is 32.4 Å². The Kier molecular flexibility index (Phi) is 6.41. The Morgan fingerprint density at radius 2 is 1.70 bits per heavy atom. The number of carbonyl (C=O) groups excluding carboxylic acids is 2. The van der Waals surface area contributed by atoms with Gasteiger partial charge in [0.25, 0.3) is 5.91 Å². The number of fused-ring (bicyclic) bond motifs is 3. The summed E-state index contributed by atoms with van der Waals surface area (Å²) in [5.74, 6) is -1.73. The molecule has 0 saturated heterocycles. The van der Waals surface area contributed by atoms with E-state index in [0.717, 1.165) is 22.3 Å². The topological polar surface area (TPSA) is 118 Å². The molecule has 0 spiro atoms. The van der Waals surface area contributed by atoms with Crippen LogP contribution < -0.4 is 10.6 Å². The van der Waals surface area contributed by atoms with Crippen LogP contribution in [-0.4, -0.2) is 40.7 Å². The SMILES string of the molecule is Cc1sc(CNC(=O)OCC2c3ccccc3-c3ccccc32)nc1C(=O)NC(C)C(=O)O. The maximum atomic E-state index is 12.3. The van der Waals surface area contributed by atoms with Gasteiger partial charge in [0.1, 0.15) is 23.4 Å². The van der Waals surface area contributed by atoms with E-state index in [1.807, 2.05) is 24.3 Å². The predicted octanol–water partition coefficient (Wildman–Crippen LogP) is 3.69. The molecule has 4 rings (SSSR count). The molecular formula is C24H23N3O5S. The summed E-state index contributed by atoms with van der Waals surface area (Å²) in [6, 6.07) is 15.2. The van der Waals surface area contributed by atoms with Gasteiger partial charge in [0.15, 0.2) is 0 Å². The third-order valence-corrected chi connectivity index (χ3v) is 6.47. The zero-order valence-corrected chi connectivity index (χ0v) is 18.9. The molecule has 1 aliphatic rings. The molecule has 2 amide bonds. The number of thiazole rings is 1. The number of aryl methyl sites for hydroxylation is 1. The molecule has 8 nitrogen and oxygen atoms in total. The molecule has 1 aliphatic carbocycles. The molecule has 2 aromatic carbocycles. The van der Waals surface area contributed by atoms with Crippen molar-refractivity contribution in [1.82, 2.24) is 15.6 Å². The number of rotatable bonds is 7. The molecule has 9 heteroatoms. The fourth-order valence-corrected chi connectivity index (χ4v) is 4.73. The van der Waals surface area contributed by atoms with Crippen LogP contribution in [0.4, 0.5) is 4.79 Å². The van der Waals surface area contributed by atoms with E-state index < -0.39 is 24.0 Å². The number of aliphatic carboxylic acids is 1. The molecule has 0 aliphatic heterocycles. The third-order valence-electron chi connectivity index (χ3n) is 5.50. The molecule has 0 bridgehead atoms. The first kappa shape index (κ1) is 22.5. The summed E-state index contributed by atoms with van der Waals surface area (Å²) in [4.78, 5) is 40.4. The number of amides is 2. The standard InChI is InChI=1S/C24H23N3O5S/c1-13(23(29)30)26-22(28)21-14(2)33-20(27-21)11-25-24(31)32-12-19-17-9-5-3-7-15(17)16-8-4-6-10-18(16)19/h3-10,13,19H,11-12H2,1-2H3,(H,25,31)(H,26,28)(H,29,30). The van der Waals surface area contributed by atoms with Gasteiger partial charge in [-0.3, -0.25) is 9.59 Å². The van der Waals surface area contributed by atoms with E-state index >= 15 is 0 Å². The van der Waals surface area contributed by atoms with Crippen LogP contribution in [0.1, 0.15) is 44.3 Å². The van der Waals surface area contributed by atoms with Crippen LogP contribution in [0, 0.1) is 6.92 Å². The minimum Gasteiger partial charge on any atom is -0.480 e. The molecule has 1 aromatic heterocycles. The smallest absolute Gasteiger partial charge is 0.407 e. The van der Waals surface area contributed by atoms with Gasteiger partial charge in [0.05, 0.1) is 6.54 Å². The van der Waals surface area contributed by atoms with Crippen LogP contribution in [0.25, 0.3) is 11.1 Å². The summed E-state index contributed by atoms with van der Waals surface area (Å²) in [7, 11) is 0. The molecule has 170 valence electrons. The maximum absolute atomic E-state index is 12.3. The van der Waals surface area contributed by atoms with Crippen LogP contribution in [0.3, 0.4) is 0 Å². The van der Waals surface area contributed by atoms with Gasteiger partial charge in [0, 0.05) is 10.8 Å². The van der Waals surface area contributed by atoms with E-state index in [1.54, 1.807) is 6.92 Å². The van der Waals surface area contributed by atoms with E-state index in [2.05, 4.69) is 39.9 Å². The lowest BCUT2D eigenvalue weighted by Gasteiger charge is -2.14. The molecule has 0 saturated carbocycles. The minimum atomic E-state index is -1.13. The highest BCUT2D eigenvalue weighted by atomic mass is 32.1. The Bertz CT molecular complexity index is 1180. The van der Waals surface area contributed by atoms with Gasteiger partial charge >= 0.3 is 12.1 Å². The first-order valence-corrected chi connectivity index (χ1v) is 11.3. The Hall–Kier alpha value is -3.72. The predicted molar refractivity (Wildman–Crippen MR) is 123 cm³/mol. The quantitative estimate of drug-likeness (QED) is 0.490. The first-order chi connectivity index (χ1) is 15.8. The molecular weight excluding hydrogens is 442 g/mol. The van der Waals surface area contributed by atoms with E-state index in [9.17, 15) is 14.4 Å².